The Bertz CT molecular complexity index is 1230. The summed E-state index contributed by atoms with van der Waals surface area (Å²) in [5, 5.41) is 6.09. The molecule has 1 amide bonds. The number of halogens is 2. The summed E-state index contributed by atoms with van der Waals surface area (Å²) in [6.07, 6.45) is 0.990. The SMILES string of the molecule is O=C(NCc1cccc2ccccc12)C1CCN(S(=O)(=O)Cc2ccc(Cl)cc2Cl)CC1. The summed E-state index contributed by atoms with van der Waals surface area (Å²) in [7, 11) is -3.53. The Morgan fingerprint density at radius 2 is 1.69 bits per heavy atom. The summed E-state index contributed by atoms with van der Waals surface area (Å²) in [4.78, 5) is 12.7. The van der Waals surface area contributed by atoms with Gasteiger partial charge in [-0.15, -0.1) is 0 Å². The Morgan fingerprint density at radius 1 is 0.969 bits per heavy atom. The highest BCUT2D eigenvalue weighted by Crippen LogP contribution is 2.26. The molecule has 1 aliphatic rings. The fourth-order valence-corrected chi connectivity index (χ4v) is 6.25. The average molecular weight is 491 g/mol. The molecule has 1 saturated heterocycles. The maximum Gasteiger partial charge on any atom is 0.223 e. The first-order valence-electron chi connectivity index (χ1n) is 10.5. The fourth-order valence-electron chi connectivity index (χ4n) is 4.10. The molecular weight excluding hydrogens is 467 g/mol. The van der Waals surface area contributed by atoms with E-state index in [1.54, 1.807) is 18.2 Å². The molecule has 5 nitrogen and oxygen atoms in total. The topological polar surface area (TPSA) is 66.5 Å². The van der Waals surface area contributed by atoms with Gasteiger partial charge in [0.05, 0.1) is 5.75 Å². The van der Waals surface area contributed by atoms with E-state index in [1.165, 1.54) is 4.31 Å². The first-order valence-corrected chi connectivity index (χ1v) is 12.9. The Labute approximate surface area is 198 Å². The van der Waals surface area contributed by atoms with E-state index in [-0.39, 0.29) is 17.6 Å². The van der Waals surface area contributed by atoms with Crippen molar-refractivity contribution in [3.63, 3.8) is 0 Å². The highest BCUT2D eigenvalue weighted by Gasteiger charge is 2.31. The van der Waals surface area contributed by atoms with E-state index in [2.05, 4.69) is 5.32 Å². The second-order valence-electron chi connectivity index (χ2n) is 8.02. The average Bonchev–Trinajstić information content (AvgIpc) is 2.79. The zero-order valence-electron chi connectivity index (χ0n) is 17.4. The quantitative estimate of drug-likeness (QED) is 0.528. The third kappa shape index (κ3) is 5.26. The first kappa shape index (κ1) is 23.1. The van der Waals surface area contributed by atoms with Crippen molar-refractivity contribution in [3.8, 4) is 0 Å². The number of carbonyl (C=O) groups excluding carboxylic acids is 1. The van der Waals surface area contributed by atoms with Crippen LogP contribution in [0.4, 0.5) is 0 Å². The van der Waals surface area contributed by atoms with Crippen molar-refractivity contribution < 1.29 is 13.2 Å². The lowest BCUT2D eigenvalue weighted by atomic mass is 9.97. The Kier molecular flexibility index (Phi) is 7.05. The molecule has 32 heavy (non-hydrogen) atoms. The van der Waals surface area contributed by atoms with Crippen molar-refractivity contribution >= 4 is 49.9 Å². The molecule has 0 radical (unpaired) electrons. The van der Waals surface area contributed by atoms with Crippen molar-refractivity contribution in [3.05, 3.63) is 81.8 Å². The number of hydrogen-bond acceptors (Lipinski definition) is 3. The van der Waals surface area contributed by atoms with Gasteiger partial charge in [-0.05, 0) is 46.9 Å². The summed E-state index contributed by atoms with van der Waals surface area (Å²) in [5.41, 5.74) is 1.59. The number of fused-ring (bicyclic) bond motifs is 1. The predicted molar refractivity (Wildman–Crippen MR) is 129 cm³/mol. The molecule has 0 saturated carbocycles. The minimum atomic E-state index is -3.53. The van der Waals surface area contributed by atoms with Crippen LogP contribution in [0, 0.1) is 5.92 Å². The summed E-state index contributed by atoms with van der Waals surface area (Å²) in [5.74, 6) is -0.410. The second kappa shape index (κ2) is 9.79. The van der Waals surface area contributed by atoms with Gasteiger partial charge in [-0.1, -0.05) is 71.7 Å². The molecule has 0 aromatic heterocycles. The number of amides is 1. The summed E-state index contributed by atoms with van der Waals surface area (Å²) >= 11 is 12.0. The van der Waals surface area contributed by atoms with Crippen LogP contribution in [-0.4, -0.2) is 31.7 Å². The number of piperidine rings is 1. The van der Waals surface area contributed by atoms with Gasteiger partial charge in [0.15, 0.2) is 0 Å². The highest BCUT2D eigenvalue weighted by molar-refractivity contribution is 7.88. The van der Waals surface area contributed by atoms with E-state index in [1.807, 2.05) is 42.5 Å². The Hall–Kier alpha value is -2.12. The zero-order chi connectivity index (χ0) is 22.7. The number of nitrogens with one attached hydrogen (secondary N) is 1. The fraction of sp³-hybridized carbons (Fsp3) is 0.292. The molecular formula is C24H24Cl2N2O3S. The van der Waals surface area contributed by atoms with Gasteiger partial charge in [0, 0.05) is 35.6 Å². The third-order valence-corrected chi connectivity index (χ3v) is 8.32. The van der Waals surface area contributed by atoms with Crippen LogP contribution in [0.15, 0.2) is 60.7 Å². The van der Waals surface area contributed by atoms with E-state index in [4.69, 9.17) is 23.2 Å². The molecule has 4 rings (SSSR count). The highest BCUT2D eigenvalue weighted by atomic mass is 35.5. The van der Waals surface area contributed by atoms with Crippen molar-refractivity contribution in [2.75, 3.05) is 13.1 Å². The number of carbonyl (C=O) groups is 1. The molecule has 1 heterocycles. The molecule has 3 aromatic carbocycles. The van der Waals surface area contributed by atoms with Gasteiger partial charge in [-0.2, -0.15) is 0 Å². The third-order valence-electron chi connectivity index (χ3n) is 5.90. The van der Waals surface area contributed by atoms with Crippen LogP contribution < -0.4 is 5.32 Å². The normalized spacial score (nSPS) is 15.7. The van der Waals surface area contributed by atoms with E-state index in [0.29, 0.717) is 48.1 Å². The molecule has 0 bridgehead atoms. The molecule has 3 aromatic rings. The van der Waals surface area contributed by atoms with Gasteiger partial charge in [-0.25, -0.2) is 12.7 Å². The van der Waals surface area contributed by atoms with Crippen molar-refractivity contribution in [1.29, 1.82) is 0 Å². The molecule has 0 aliphatic carbocycles. The number of rotatable bonds is 6. The van der Waals surface area contributed by atoms with Crippen molar-refractivity contribution in [2.24, 2.45) is 5.92 Å². The summed E-state index contributed by atoms with van der Waals surface area (Å²) in [6, 6.07) is 18.9. The van der Waals surface area contributed by atoms with E-state index in [9.17, 15) is 13.2 Å². The number of hydrogen-bond donors (Lipinski definition) is 1. The maximum atomic E-state index is 12.8. The smallest absolute Gasteiger partial charge is 0.223 e. The van der Waals surface area contributed by atoms with Gasteiger partial charge >= 0.3 is 0 Å². The molecule has 0 unspecified atom stereocenters. The van der Waals surface area contributed by atoms with Gasteiger partial charge in [0.2, 0.25) is 15.9 Å². The lowest BCUT2D eigenvalue weighted by Crippen LogP contribution is -2.43. The maximum absolute atomic E-state index is 12.8. The largest absolute Gasteiger partial charge is 0.352 e. The second-order valence-corrected chi connectivity index (χ2v) is 10.8. The van der Waals surface area contributed by atoms with E-state index < -0.39 is 10.0 Å². The molecule has 1 N–H and O–H groups in total. The Balaban J connectivity index is 1.33. The molecule has 1 aliphatic heterocycles. The summed E-state index contributed by atoms with van der Waals surface area (Å²) in [6.45, 7) is 1.09. The minimum absolute atomic E-state index is 0.0317. The van der Waals surface area contributed by atoms with Crippen LogP contribution in [0.25, 0.3) is 10.8 Å². The summed E-state index contributed by atoms with van der Waals surface area (Å²) < 4.78 is 27.1. The van der Waals surface area contributed by atoms with Crippen LogP contribution in [0.1, 0.15) is 24.0 Å². The van der Waals surface area contributed by atoms with Gasteiger partial charge < -0.3 is 5.32 Å². The van der Waals surface area contributed by atoms with Crippen LogP contribution >= 0.6 is 23.2 Å². The van der Waals surface area contributed by atoms with Crippen LogP contribution in [0.5, 0.6) is 0 Å². The lowest BCUT2D eigenvalue weighted by Gasteiger charge is -2.30. The standard InChI is InChI=1S/C24H24Cl2N2O3S/c25-21-9-8-20(23(26)14-21)16-32(30,31)28-12-10-18(11-13-28)24(29)27-15-19-6-3-5-17-4-1-2-7-22(17)19/h1-9,14,18H,10-13,15-16H2,(H,27,29). The number of benzene rings is 3. The van der Waals surface area contributed by atoms with Gasteiger partial charge in [0.1, 0.15) is 0 Å². The van der Waals surface area contributed by atoms with Crippen molar-refractivity contribution in [1.82, 2.24) is 9.62 Å². The first-order chi connectivity index (χ1) is 15.3. The van der Waals surface area contributed by atoms with Crippen LogP contribution in [0.2, 0.25) is 10.0 Å². The van der Waals surface area contributed by atoms with E-state index in [0.717, 1.165) is 16.3 Å². The monoisotopic (exact) mass is 490 g/mol. The molecule has 168 valence electrons. The molecule has 8 heteroatoms. The predicted octanol–water partition coefficient (Wildman–Crippen LogP) is 5.00. The zero-order valence-corrected chi connectivity index (χ0v) is 19.8. The minimum Gasteiger partial charge on any atom is -0.352 e. The van der Waals surface area contributed by atoms with Crippen LogP contribution in [0.3, 0.4) is 0 Å². The molecule has 0 atom stereocenters. The molecule has 1 fully saturated rings. The van der Waals surface area contributed by atoms with Crippen molar-refractivity contribution in [2.45, 2.75) is 25.1 Å². The number of nitrogens with zero attached hydrogens (tertiary/aromatic N) is 1. The van der Waals surface area contributed by atoms with Gasteiger partial charge in [0.25, 0.3) is 0 Å². The van der Waals surface area contributed by atoms with E-state index >= 15 is 0 Å². The Morgan fingerprint density at radius 3 is 2.44 bits per heavy atom. The number of sulfonamides is 1. The van der Waals surface area contributed by atoms with Gasteiger partial charge in [-0.3, -0.25) is 4.79 Å². The van der Waals surface area contributed by atoms with Crippen LogP contribution in [-0.2, 0) is 27.1 Å². The lowest BCUT2D eigenvalue weighted by molar-refractivity contribution is -0.126. The molecule has 0 spiro atoms.